The molecule has 2 unspecified atom stereocenters. The molecule has 2 nitrogen and oxygen atoms in total. The maximum atomic E-state index is 5.77. The van der Waals surface area contributed by atoms with Gasteiger partial charge in [-0.05, 0) is 31.6 Å². The molecular formula is C14H29NO. The van der Waals surface area contributed by atoms with Crippen LogP contribution in [0.4, 0.5) is 0 Å². The summed E-state index contributed by atoms with van der Waals surface area (Å²) in [4.78, 5) is 5.77. The molecule has 0 amide bonds. The van der Waals surface area contributed by atoms with Crippen LogP contribution < -0.4 is 0 Å². The van der Waals surface area contributed by atoms with Crippen LogP contribution in [0.25, 0.3) is 0 Å². The van der Waals surface area contributed by atoms with E-state index in [0.717, 1.165) is 18.9 Å². The van der Waals surface area contributed by atoms with E-state index in [2.05, 4.69) is 26.0 Å². The number of hydrogen-bond acceptors (Lipinski definition) is 2. The Bertz CT molecular complexity index is 172. The predicted octanol–water partition coefficient (Wildman–Crippen LogP) is 4.01. The first-order chi connectivity index (χ1) is 7.79. The largest absolute Gasteiger partial charge is 0.299 e. The van der Waals surface area contributed by atoms with Crippen LogP contribution in [0.1, 0.15) is 65.2 Å². The fourth-order valence-electron chi connectivity index (χ4n) is 2.80. The van der Waals surface area contributed by atoms with E-state index in [1.54, 1.807) is 0 Å². The molecule has 0 aromatic rings. The Morgan fingerprint density at radius 2 is 1.88 bits per heavy atom. The van der Waals surface area contributed by atoms with Crippen LogP contribution in [0.15, 0.2) is 0 Å². The molecular weight excluding hydrogens is 198 g/mol. The number of hydroxylamine groups is 2. The molecule has 2 atom stereocenters. The second-order valence-corrected chi connectivity index (χ2v) is 5.13. The predicted molar refractivity (Wildman–Crippen MR) is 69.3 cm³/mol. The molecule has 0 aromatic carbocycles. The highest BCUT2D eigenvalue weighted by molar-refractivity contribution is 4.79. The minimum absolute atomic E-state index is 0.673. The average Bonchev–Trinajstić information content (AvgIpc) is 2.33. The van der Waals surface area contributed by atoms with Gasteiger partial charge in [-0.25, -0.2) is 0 Å². The van der Waals surface area contributed by atoms with E-state index in [0.29, 0.717) is 6.04 Å². The van der Waals surface area contributed by atoms with Gasteiger partial charge < -0.3 is 0 Å². The molecule has 0 aliphatic heterocycles. The van der Waals surface area contributed by atoms with Gasteiger partial charge in [0.25, 0.3) is 0 Å². The van der Waals surface area contributed by atoms with Crippen molar-refractivity contribution in [2.75, 3.05) is 13.7 Å². The van der Waals surface area contributed by atoms with E-state index >= 15 is 0 Å². The lowest BCUT2D eigenvalue weighted by atomic mass is 9.81. The molecule has 1 rings (SSSR count). The van der Waals surface area contributed by atoms with Gasteiger partial charge in [-0.1, -0.05) is 39.5 Å². The highest BCUT2D eigenvalue weighted by Crippen LogP contribution is 2.31. The number of hydrogen-bond donors (Lipinski definition) is 0. The van der Waals surface area contributed by atoms with Crippen LogP contribution in [-0.4, -0.2) is 24.8 Å². The monoisotopic (exact) mass is 227 g/mol. The molecule has 0 N–H and O–H groups in total. The summed E-state index contributed by atoms with van der Waals surface area (Å²) in [6.45, 7) is 5.33. The first-order valence-electron chi connectivity index (χ1n) is 7.15. The van der Waals surface area contributed by atoms with E-state index in [4.69, 9.17) is 4.84 Å². The van der Waals surface area contributed by atoms with Gasteiger partial charge in [0.15, 0.2) is 0 Å². The molecule has 16 heavy (non-hydrogen) atoms. The van der Waals surface area contributed by atoms with Gasteiger partial charge in [-0.15, -0.1) is 0 Å². The van der Waals surface area contributed by atoms with Crippen LogP contribution in [0, 0.1) is 5.92 Å². The van der Waals surface area contributed by atoms with Gasteiger partial charge in [0.1, 0.15) is 0 Å². The Labute approximate surface area is 101 Å². The Kier molecular flexibility index (Phi) is 7.06. The smallest absolute Gasteiger partial charge is 0.0682 e. The summed E-state index contributed by atoms with van der Waals surface area (Å²) in [5.41, 5.74) is 0. The molecule has 0 spiro atoms. The van der Waals surface area contributed by atoms with Crippen LogP contribution >= 0.6 is 0 Å². The van der Waals surface area contributed by atoms with Crippen LogP contribution in [-0.2, 0) is 4.84 Å². The summed E-state index contributed by atoms with van der Waals surface area (Å²) < 4.78 is 0. The van der Waals surface area contributed by atoms with Crippen molar-refractivity contribution in [3.05, 3.63) is 0 Å². The zero-order chi connectivity index (χ0) is 11.8. The number of unbranched alkanes of at least 4 members (excludes halogenated alkanes) is 1. The third-order valence-electron chi connectivity index (χ3n) is 3.76. The molecule has 1 aliphatic rings. The molecule has 1 fully saturated rings. The van der Waals surface area contributed by atoms with Crippen molar-refractivity contribution in [3.8, 4) is 0 Å². The van der Waals surface area contributed by atoms with E-state index in [1.165, 1.54) is 44.9 Å². The molecule has 1 aliphatic carbocycles. The molecule has 96 valence electrons. The summed E-state index contributed by atoms with van der Waals surface area (Å²) in [7, 11) is 2.13. The first-order valence-corrected chi connectivity index (χ1v) is 7.15. The summed E-state index contributed by atoms with van der Waals surface area (Å²) in [6.07, 6.45) is 10.7. The first kappa shape index (κ1) is 14.0. The standard InChI is InChI=1S/C14H29NO/c1-4-6-9-13-10-7-8-11-14(13)15(3)16-12-5-2/h13-14H,4-12H2,1-3H3. The summed E-state index contributed by atoms with van der Waals surface area (Å²) in [5, 5.41) is 2.16. The quantitative estimate of drug-likeness (QED) is 0.609. The zero-order valence-corrected chi connectivity index (χ0v) is 11.4. The maximum Gasteiger partial charge on any atom is 0.0682 e. The second kappa shape index (κ2) is 8.08. The third kappa shape index (κ3) is 4.42. The highest BCUT2D eigenvalue weighted by atomic mass is 16.7. The molecule has 0 aromatic heterocycles. The Balaban J connectivity index is 2.38. The van der Waals surface area contributed by atoms with Crippen molar-refractivity contribution in [2.24, 2.45) is 5.92 Å². The van der Waals surface area contributed by atoms with Gasteiger partial charge in [-0.2, -0.15) is 5.06 Å². The normalized spacial score (nSPS) is 26.2. The van der Waals surface area contributed by atoms with Gasteiger partial charge in [0.05, 0.1) is 6.61 Å². The molecule has 1 saturated carbocycles. The topological polar surface area (TPSA) is 12.5 Å². The Morgan fingerprint density at radius 1 is 1.12 bits per heavy atom. The minimum atomic E-state index is 0.673. The van der Waals surface area contributed by atoms with Crippen molar-refractivity contribution in [3.63, 3.8) is 0 Å². The van der Waals surface area contributed by atoms with Crippen LogP contribution in [0.5, 0.6) is 0 Å². The van der Waals surface area contributed by atoms with Crippen molar-refractivity contribution in [1.29, 1.82) is 0 Å². The van der Waals surface area contributed by atoms with E-state index < -0.39 is 0 Å². The van der Waals surface area contributed by atoms with Crippen molar-refractivity contribution in [2.45, 2.75) is 71.3 Å². The lowest BCUT2D eigenvalue weighted by molar-refractivity contribution is -0.185. The average molecular weight is 227 g/mol. The lowest BCUT2D eigenvalue weighted by Gasteiger charge is -2.37. The molecule has 0 saturated heterocycles. The van der Waals surface area contributed by atoms with Crippen molar-refractivity contribution < 1.29 is 4.84 Å². The second-order valence-electron chi connectivity index (χ2n) is 5.13. The van der Waals surface area contributed by atoms with Gasteiger partial charge in [0.2, 0.25) is 0 Å². The fraction of sp³-hybridized carbons (Fsp3) is 1.00. The molecule has 0 bridgehead atoms. The third-order valence-corrected chi connectivity index (χ3v) is 3.76. The van der Waals surface area contributed by atoms with Crippen LogP contribution in [0.3, 0.4) is 0 Å². The van der Waals surface area contributed by atoms with E-state index in [1.807, 2.05) is 0 Å². The molecule has 0 heterocycles. The van der Waals surface area contributed by atoms with Gasteiger partial charge >= 0.3 is 0 Å². The summed E-state index contributed by atoms with van der Waals surface area (Å²) >= 11 is 0. The zero-order valence-electron chi connectivity index (χ0n) is 11.4. The maximum absolute atomic E-state index is 5.77. The Hall–Kier alpha value is -0.0800. The van der Waals surface area contributed by atoms with E-state index in [-0.39, 0.29) is 0 Å². The minimum Gasteiger partial charge on any atom is -0.299 e. The summed E-state index contributed by atoms with van der Waals surface area (Å²) in [5.74, 6) is 0.871. The number of rotatable bonds is 7. The fourth-order valence-corrected chi connectivity index (χ4v) is 2.80. The van der Waals surface area contributed by atoms with E-state index in [9.17, 15) is 0 Å². The van der Waals surface area contributed by atoms with Gasteiger partial charge in [0, 0.05) is 13.1 Å². The molecule has 0 radical (unpaired) electrons. The summed E-state index contributed by atoms with van der Waals surface area (Å²) in [6, 6.07) is 0.673. The van der Waals surface area contributed by atoms with Crippen molar-refractivity contribution >= 4 is 0 Å². The highest BCUT2D eigenvalue weighted by Gasteiger charge is 2.28. The van der Waals surface area contributed by atoms with Gasteiger partial charge in [-0.3, -0.25) is 4.84 Å². The lowest BCUT2D eigenvalue weighted by Crippen LogP contribution is -2.40. The SMILES string of the molecule is CCCCC1CCCCC1N(C)OCCC. The van der Waals surface area contributed by atoms with Crippen LogP contribution in [0.2, 0.25) is 0 Å². The number of nitrogens with zero attached hydrogens (tertiary/aromatic N) is 1. The Morgan fingerprint density at radius 3 is 2.56 bits per heavy atom. The van der Waals surface area contributed by atoms with Crippen molar-refractivity contribution in [1.82, 2.24) is 5.06 Å². The molecule has 2 heteroatoms.